The van der Waals surface area contributed by atoms with Crippen molar-refractivity contribution in [2.45, 2.75) is 39.0 Å². The second-order valence-electron chi connectivity index (χ2n) is 7.60. The Labute approximate surface area is 127 Å². The van der Waals surface area contributed by atoms with Gasteiger partial charge in [0, 0.05) is 19.5 Å². The van der Waals surface area contributed by atoms with Gasteiger partial charge in [-0.05, 0) is 55.8 Å². The zero-order chi connectivity index (χ0) is 15.1. The summed E-state index contributed by atoms with van der Waals surface area (Å²) in [6, 6.07) is 0. The second kappa shape index (κ2) is 5.62. The van der Waals surface area contributed by atoms with E-state index in [0.717, 1.165) is 11.8 Å². The average molecular weight is 293 g/mol. The Kier molecular flexibility index (Phi) is 3.98. The zero-order valence-corrected chi connectivity index (χ0v) is 13.4. The van der Waals surface area contributed by atoms with Gasteiger partial charge in [0.25, 0.3) is 0 Å². The van der Waals surface area contributed by atoms with Crippen molar-refractivity contribution in [3.8, 4) is 0 Å². The molecule has 21 heavy (non-hydrogen) atoms. The number of rotatable bonds is 4. The van der Waals surface area contributed by atoms with Crippen molar-refractivity contribution in [2.24, 2.45) is 35.5 Å². The first-order chi connectivity index (χ1) is 9.99. The molecule has 4 bridgehead atoms. The summed E-state index contributed by atoms with van der Waals surface area (Å²) in [6.45, 7) is 2.29. The van der Waals surface area contributed by atoms with Crippen LogP contribution in [0.15, 0.2) is 0 Å². The van der Waals surface area contributed by atoms with E-state index in [4.69, 9.17) is 4.74 Å². The predicted octanol–water partition coefficient (Wildman–Crippen LogP) is 2.33. The maximum atomic E-state index is 12.9. The standard InChI is InChI=1S/C17H27NO3/c1-10(17(20)21-3)9-18(2)16(19)15-13-5-11-4-12(7-13)8-14(15)6-11/h10-15H,4-9H2,1-3H3. The number of nitrogens with zero attached hydrogens (tertiary/aromatic N) is 1. The molecule has 0 N–H and O–H groups in total. The summed E-state index contributed by atoms with van der Waals surface area (Å²) in [5, 5.41) is 0. The number of ether oxygens (including phenoxy) is 1. The minimum Gasteiger partial charge on any atom is -0.469 e. The minimum atomic E-state index is -0.249. The summed E-state index contributed by atoms with van der Waals surface area (Å²) >= 11 is 0. The maximum Gasteiger partial charge on any atom is 0.310 e. The fraction of sp³-hybridized carbons (Fsp3) is 0.882. The van der Waals surface area contributed by atoms with Crippen LogP contribution in [0.25, 0.3) is 0 Å². The smallest absolute Gasteiger partial charge is 0.310 e. The van der Waals surface area contributed by atoms with Crippen molar-refractivity contribution >= 4 is 11.9 Å². The first kappa shape index (κ1) is 14.9. The van der Waals surface area contributed by atoms with Crippen LogP contribution in [0, 0.1) is 35.5 Å². The molecule has 1 amide bonds. The van der Waals surface area contributed by atoms with E-state index in [1.807, 2.05) is 14.0 Å². The number of hydrogen-bond donors (Lipinski definition) is 0. The summed E-state index contributed by atoms with van der Waals surface area (Å²) in [4.78, 5) is 26.2. The first-order valence-electron chi connectivity index (χ1n) is 8.32. The lowest BCUT2D eigenvalue weighted by Gasteiger charge is -2.54. The minimum absolute atomic E-state index is 0.215. The van der Waals surface area contributed by atoms with Crippen LogP contribution in [0.4, 0.5) is 0 Å². The Hall–Kier alpha value is -1.06. The van der Waals surface area contributed by atoms with Crippen LogP contribution in [0.2, 0.25) is 0 Å². The SMILES string of the molecule is COC(=O)C(C)CN(C)C(=O)C1C2CC3CC(C2)CC1C3. The van der Waals surface area contributed by atoms with Gasteiger partial charge >= 0.3 is 5.97 Å². The van der Waals surface area contributed by atoms with Crippen LogP contribution in [-0.2, 0) is 14.3 Å². The van der Waals surface area contributed by atoms with Crippen LogP contribution in [0.1, 0.15) is 39.0 Å². The average Bonchev–Trinajstić information content (AvgIpc) is 2.44. The lowest BCUT2D eigenvalue weighted by Crippen LogP contribution is -2.52. The Bertz CT molecular complexity index is 406. The quantitative estimate of drug-likeness (QED) is 0.747. The van der Waals surface area contributed by atoms with Gasteiger partial charge in [-0.2, -0.15) is 0 Å². The highest BCUT2D eigenvalue weighted by Crippen LogP contribution is 2.56. The molecular formula is C17H27NO3. The van der Waals surface area contributed by atoms with Crippen LogP contribution < -0.4 is 0 Å². The molecule has 1 atom stereocenters. The number of hydrogen-bond acceptors (Lipinski definition) is 3. The lowest BCUT2D eigenvalue weighted by molar-refractivity contribution is -0.151. The van der Waals surface area contributed by atoms with Crippen LogP contribution in [-0.4, -0.2) is 37.5 Å². The van der Waals surface area contributed by atoms with Crippen molar-refractivity contribution in [3.05, 3.63) is 0 Å². The fourth-order valence-electron chi connectivity index (χ4n) is 5.36. The van der Waals surface area contributed by atoms with Gasteiger partial charge < -0.3 is 9.64 Å². The molecule has 1 unspecified atom stereocenters. The van der Waals surface area contributed by atoms with E-state index >= 15 is 0 Å². The molecular weight excluding hydrogens is 266 g/mol. The van der Waals surface area contributed by atoms with E-state index in [1.54, 1.807) is 4.90 Å². The van der Waals surface area contributed by atoms with E-state index in [9.17, 15) is 9.59 Å². The van der Waals surface area contributed by atoms with E-state index in [-0.39, 0.29) is 23.7 Å². The molecule has 0 radical (unpaired) electrons. The second-order valence-corrected chi connectivity index (χ2v) is 7.60. The van der Waals surface area contributed by atoms with Crippen LogP contribution >= 0.6 is 0 Å². The van der Waals surface area contributed by atoms with Gasteiger partial charge in [-0.25, -0.2) is 0 Å². The highest BCUT2D eigenvalue weighted by Gasteiger charge is 2.51. The van der Waals surface area contributed by atoms with Gasteiger partial charge in [-0.1, -0.05) is 6.92 Å². The fourth-order valence-corrected chi connectivity index (χ4v) is 5.36. The van der Waals surface area contributed by atoms with E-state index in [2.05, 4.69) is 0 Å². The molecule has 0 heterocycles. The molecule has 4 saturated carbocycles. The molecule has 0 aromatic carbocycles. The van der Waals surface area contributed by atoms with E-state index < -0.39 is 0 Å². The highest BCUT2D eigenvalue weighted by atomic mass is 16.5. The number of carbonyl (C=O) groups is 2. The zero-order valence-electron chi connectivity index (χ0n) is 13.4. The van der Waals surface area contributed by atoms with Crippen molar-refractivity contribution in [3.63, 3.8) is 0 Å². The van der Waals surface area contributed by atoms with Gasteiger partial charge in [0.2, 0.25) is 5.91 Å². The van der Waals surface area contributed by atoms with Crippen molar-refractivity contribution < 1.29 is 14.3 Å². The predicted molar refractivity (Wildman–Crippen MR) is 79.4 cm³/mol. The third-order valence-electron chi connectivity index (χ3n) is 6.04. The largest absolute Gasteiger partial charge is 0.469 e. The Balaban J connectivity index is 1.64. The normalized spacial score (nSPS) is 38.1. The number of carbonyl (C=O) groups excluding carboxylic acids is 2. The summed E-state index contributed by atoms with van der Waals surface area (Å²) in [5.74, 6) is 2.97. The third-order valence-corrected chi connectivity index (χ3v) is 6.04. The molecule has 0 aliphatic heterocycles. The number of methoxy groups -OCH3 is 1. The van der Waals surface area contributed by atoms with Gasteiger partial charge in [0.1, 0.15) is 0 Å². The maximum absolute atomic E-state index is 12.9. The van der Waals surface area contributed by atoms with Gasteiger partial charge in [-0.15, -0.1) is 0 Å². The molecule has 118 valence electrons. The molecule has 0 spiro atoms. The number of esters is 1. The van der Waals surface area contributed by atoms with E-state index in [1.165, 1.54) is 39.2 Å². The molecule has 0 saturated heterocycles. The summed E-state index contributed by atoms with van der Waals surface area (Å²) in [5.41, 5.74) is 0. The van der Waals surface area contributed by atoms with Crippen molar-refractivity contribution in [1.29, 1.82) is 0 Å². The van der Waals surface area contributed by atoms with Gasteiger partial charge in [-0.3, -0.25) is 9.59 Å². The highest BCUT2D eigenvalue weighted by molar-refractivity contribution is 5.80. The molecule has 4 rings (SSSR count). The molecule has 4 aliphatic rings. The molecule has 4 nitrogen and oxygen atoms in total. The van der Waals surface area contributed by atoms with Gasteiger partial charge in [0.15, 0.2) is 0 Å². The van der Waals surface area contributed by atoms with Gasteiger partial charge in [0.05, 0.1) is 13.0 Å². The monoisotopic (exact) mass is 293 g/mol. The Morgan fingerprint density at radius 2 is 1.62 bits per heavy atom. The third kappa shape index (κ3) is 2.69. The first-order valence-corrected chi connectivity index (χ1v) is 8.32. The molecule has 0 aromatic rings. The van der Waals surface area contributed by atoms with Crippen LogP contribution in [0.5, 0.6) is 0 Å². The summed E-state index contributed by atoms with van der Waals surface area (Å²) < 4.78 is 4.76. The topological polar surface area (TPSA) is 46.6 Å². The van der Waals surface area contributed by atoms with Crippen molar-refractivity contribution in [1.82, 2.24) is 4.90 Å². The molecule has 4 heteroatoms. The molecule has 4 aliphatic carbocycles. The molecule has 4 fully saturated rings. The summed E-state index contributed by atoms with van der Waals surface area (Å²) in [7, 11) is 3.24. The number of amides is 1. The van der Waals surface area contributed by atoms with E-state index in [0.29, 0.717) is 18.4 Å². The Morgan fingerprint density at radius 3 is 2.10 bits per heavy atom. The van der Waals surface area contributed by atoms with Crippen molar-refractivity contribution in [2.75, 3.05) is 20.7 Å². The van der Waals surface area contributed by atoms with Crippen LogP contribution in [0.3, 0.4) is 0 Å². The molecule has 0 aromatic heterocycles. The Morgan fingerprint density at radius 1 is 1.10 bits per heavy atom. The summed E-state index contributed by atoms with van der Waals surface area (Å²) in [6.07, 6.45) is 6.42. The lowest BCUT2D eigenvalue weighted by atomic mass is 9.51.